The fraction of sp³-hybridized carbons (Fsp3) is 0.513. The van der Waals surface area contributed by atoms with Gasteiger partial charge in [0.15, 0.2) is 0 Å². The van der Waals surface area contributed by atoms with Gasteiger partial charge < -0.3 is 29.7 Å². The minimum Gasteiger partial charge on any atom is -0.497 e. The zero-order valence-corrected chi connectivity index (χ0v) is 32.3. The van der Waals surface area contributed by atoms with Gasteiger partial charge in [0.25, 0.3) is 5.91 Å². The molecule has 54 heavy (non-hydrogen) atoms. The van der Waals surface area contributed by atoms with Crippen molar-refractivity contribution in [2.75, 3.05) is 13.7 Å². The number of amides is 4. The van der Waals surface area contributed by atoms with Crippen LogP contribution in [0.25, 0.3) is 22.2 Å². The van der Waals surface area contributed by atoms with Crippen molar-refractivity contribution in [1.29, 1.82) is 0 Å². The minimum absolute atomic E-state index is 0.0181. The van der Waals surface area contributed by atoms with Crippen molar-refractivity contribution in [2.45, 2.75) is 108 Å². The predicted molar refractivity (Wildman–Crippen MR) is 201 cm³/mol. The highest BCUT2D eigenvalue weighted by molar-refractivity contribution is 7.91. The van der Waals surface area contributed by atoms with Crippen molar-refractivity contribution in [3.8, 4) is 22.8 Å². The number of carbonyl (C=O) groups excluding carboxylic acids is 4. The number of alkyl carbamates (subject to hydrolysis) is 1. The summed E-state index contributed by atoms with van der Waals surface area (Å²) in [6.07, 6.45) is 0.562. The van der Waals surface area contributed by atoms with Gasteiger partial charge in [-0.05, 0) is 64.5 Å². The molecule has 6 rings (SSSR count). The molecule has 4 atom stereocenters. The molecule has 3 N–H and O–H groups in total. The number of carbonyl (C=O) groups is 4. The normalized spacial score (nSPS) is 20.4. The van der Waals surface area contributed by atoms with Gasteiger partial charge in [0.1, 0.15) is 40.8 Å². The number of ether oxygens (including phenoxy) is 3. The molecule has 1 aromatic heterocycles. The molecule has 4 amide bonds. The average Bonchev–Trinajstić information content (AvgIpc) is 4.07. The van der Waals surface area contributed by atoms with Gasteiger partial charge in [0.2, 0.25) is 21.8 Å². The predicted octanol–water partition coefficient (Wildman–Crippen LogP) is 4.46. The van der Waals surface area contributed by atoms with E-state index < -0.39 is 68.4 Å². The van der Waals surface area contributed by atoms with Crippen LogP contribution in [-0.4, -0.2) is 90.3 Å². The Kier molecular flexibility index (Phi) is 10.8. The summed E-state index contributed by atoms with van der Waals surface area (Å²) < 4.78 is 44.9. The van der Waals surface area contributed by atoms with E-state index in [-0.39, 0.29) is 31.7 Å². The summed E-state index contributed by atoms with van der Waals surface area (Å²) in [7, 11) is -2.28. The number of benzene rings is 2. The number of fused-ring (bicyclic) bond motifs is 1. The topological polar surface area (TPSA) is 182 Å². The monoisotopic (exact) mass is 763 g/mol. The van der Waals surface area contributed by atoms with Gasteiger partial charge in [-0.1, -0.05) is 50.6 Å². The van der Waals surface area contributed by atoms with Crippen molar-refractivity contribution in [2.24, 2.45) is 5.92 Å². The summed E-state index contributed by atoms with van der Waals surface area (Å²) >= 11 is 0. The molecule has 2 aromatic carbocycles. The van der Waals surface area contributed by atoms with Crippen molar-refractivity contribution in [1.82, 2.24) is 25.2 Å². The first-order chi connectivity index (χ1) is 25.5. The number of nitrogens with zero attached hydrogens (tertiary/aromatic N) is 2. The SMILES string of the molecule is CCC(C)[C@H](NC(=O)OC(C)(C)C)C(=O)N1C[C@H](Oc2cc(-c3ccccc3)nc3cc(OC)ccc23)C[C@H]1C(=O)NC1(C(=O)NS(=O)(=O)C2CC2)CC1. The first-order valence-corrected chi connectivity index (χ1v) is 20.0. The Balaban J connectivity index is 1.31. The third-order valence-electron chi connectivity index (χ3n) is 10.1. The third-order valence-corrected chi connectivity index (χ3v) is 11.9. The molecule has 2 heterocycles. The zero-order valence-electron chi connectivity index (χ0n) is 31.5. The number of methoxy groups -OCH3 is 1. The summed E-state index contributed by atoms with van der Waals surface area (Å²) in [4.78, 5) is 61.2. The molecular weight excluding hydrogens is 715 g/mol. The Labute approximate surface area is 315 Å². The summed E-state index contributed by atoms with van der Waals surface area (Å²) in [5.41, 5.74) is -0.110. The lowest BCUT2D eigenvalue weighted by Crippen LogP contribution is -2.58. The largest absolute Gasteiger partial charge is 0.497 e. The molecule has 2 saturated carbocycles. The lowest BCUT2D eigenvalue weighted by molar-refractivity contribution is -0.142. The number of hydrogen-bond acceptors (Lipinski definition) is 10. The molecule has 0 bridgehead atoms. The summed E-state index contributed by atoms with van der Waals surface area (Å²) in [5.74, 6) is -1.18. The first kappa shape index (κ1) is 38.8. The van der Waals surface area contributed by atoms with Gasteiger partial charge >= 0.3 is 6.09 Å². The van der Waals surface area contributed by atoms with E-state index in [1.807, 2.05) is 56.3 Å². The molecule has 3 fully saturated rings. The van der Waals surface area contributed by atoms with Gasteiger partial charge in [-0.15, -0.1) is 0 Å². The van der Waals surface area contributed by atoms with E-state index in [0.29, 0.717) is 47.4 Å². The molecule has 2 aliphatic carbocycles. The fourth-order valence-electron chi connectivity index (χ4n) is 6.55. The summed E-state index contributed by atoms with van der Waals surface area (Å²) in [5, 5.41) is 5.59. The molecule has 0 radical (unpaired) electrons. The standard InChI is InChI=1S/C39H49N5O9S/c1-7-23(2)33(41-37(48)53-38(3,4)5)35(46)44-22-26(20-31(44)34(45)42-39(17-18-39)36(47)43-54(49,50)27-14-15-27)52-32-21-29(24-11-9-8-10-12-24)40-30-19-25(51-6)13-16-28(30)32/h8-13,16,19,21,23,26-27,31,33H,7,14-15,17-18,20,22H2,1-6H3,(H,41,48)(H,42,45)(H,43,47)/t23?,26-,31+,33+/m1/s1. The smallest absolute Gasteiger partial charge is 0.408 e. The van der Waals surface area contributed by atoms with E-state index >= 15 is 0 Å². The number of rotatable bonds is 13. The lowest BCUT2D eigenvalue weighted by Gasteiger charge is -2.32. The number of likely N-dealkylation sites (tertiary alicyclic amines) is 1. The maximum atomic E-state index is 14.5. The Hall–Kier alpha value is -4.92. The lowest BCUT2D eigenvalue weighted by atomic mass is 9.97. The maximum absolute atomic E-state index is 14.5. The number of pyridine rings is 1. The van der Waals surface area contributed by atoms with Crippen LogP contribution in [0.1, 0.15) is 73.1 Å². The summed E-state index contributed by atoms with van der Waals surface area (Å²) in [6.45, 7) is 8.85. The molecule has 14 nitrogen and oxygen atoms in total. The number of nitrogens with one attached hydrogen (secondary N) is 3. The Bertz CT molecular complexity index is 2030. The molecular formula is C39H49N5O9S. The van der Waals surface area contributed by atoms with E-state index in [2.05, 4.69) is 15.4 Å². The van der Waals surface area contributed by atoms with Crippen LogP contribution >= 0.6 is 0 Å². The molecule has 1 unspecified atom stereocenters. The Morgan fingerprint density at radius 3 is 2.35 bits per heavy atom. The van der Waals surface area contributed by atoms with Crippen LogP contribution in [0.2, 0.25) is 0 Å². The Morgan fingerprint density at radius 2 is 1.74 bits per heavy atom. The maximum Gasteiger partial charge on any atom is 0.408 e. The summed E-state index contributed by atoms with van der Waals surface area (Å²) in [6, 6.07) is 14.7. The third kappa shape index (κ3) is 8.72. The molecule has 3 aliphatic rings. The highest BCUT2D eigenvalue weighted by atomic mass is 32.2. The number of aromatic nitrogens is 1. The van der Waals surface area contributed by atoms with Gasteiger partial charge in [-0.25, -0.2) is 18.2 Å². The first-order valence-electron chi connectivity index (χ1n) is 18.4. The molecule has 3 aromatic rings. The van der Waals surface area contributed by atoms with Gasteiger partial charge in [-0.2, -0.15) is 0 Å². The molecule has 1 saturated heterocycles. The zero-order chi connectivity index (χ0) is 39.0. The van der Waals surface area contributed by atoms with Crippen LogP contribution in [0, 0.1) is 5.92 Å². The number of hydrogen-bond donors (Lipinski definition) is 3. The van der Waals surface area contributed by atoms with E-state index in [4.69, 9.17) is 19.2 Å². The highest BCUT2D eigenvalue weighted by Crippen LogP contribution is 2.39. The highest BCUT2D eigenvalue weighted by Gasteiger charge is 2.55. The van der Waals surface area contributed by atoms with E-state index in [0.717, 1.165) is 5.56 Å². The van der Waals surface area contributed by atoms with Crippen LogP contribution in [0.4, 0.5) is 4.79 Å². The van der Waals surface area contributed by atoms with Crippen LogP contribution < -0.4 is 24.8 Å². The van der Waals surface area contributed by atoms with Crippen LogP contribution in [0.15, 0.2) is 54.6 Å². The average molecular weight is 764 g/mol. The Morgan fingerprint density at radius 1 is 1.04 bits per heavy atom. The van der Waals surface area contributed by atoms with Crippen molar-refractivity contribution in [3.63, 3.8) is 0 Å². The molecule has 290 valence electrons. The van der Waals surface area contributed by atoms with E-state index in [1.54, 1.807) is 40.0 Å². The number of sulfonamides is 1. The molecule has 1 aliphatic heterocycles. The van der Waals surface area contributed by atoms with Crippen molar-refractivity contribution < 1.29 is 41.8 Å². The second-order valence-corrected chi connectivity index (χ2v) is 17.5. The molecule has 0 spiro atoms. The second kappa shape index (κ2) is 15.1. The van der Waals surface area contributed by atoms with Crippen molar-refractivity contribution >= 4 is 44.7 Å². The van der Waals surface area contributed by atoms with Crippen LogP contribution in [0.3, 0.4) is 0 Å². The quantitative estimate of drug-likeness (QED) is 0.225. The van der Waals surface area contributed by atoms with Crippen LogP contribution in [0.5, 0.6) is 11.5 Å². The van der Waals surface area contributed by atoms with Gasteiger partial charge in [0, 0.05) is 29.5 Å². The van der Waals surface area contributed by atoms with E-state index in [1.165, 1.54) is 4.90 Å². The van der Waals surface area contributed by atoms with Gasteiger partial charge in [0.05, 0.1) is 30.1 Å². The van der Waals surface area contributed by atoms with Gasteiger partial charge in [-0.3, -0.25) is 19.1 Å². The molecule has 15 heteroatoms. The van der Waals surface area contributed by atoms with E-state index in [9.17, 15) is 27.6 Å². The second-order valence-electron chi connectivity index (χ2n) is 15.5. The minimum atomic E-state index is -3.85. The van der Waals surface area contributed by atoms with Crippen LogP contribution in [-0.2, 0) is 29.1 Å². The fourth-order valence-corrected chi connectivity index (χ4v) is 7.93. The van der Waals surface area contributed by atoms with Crippen molar-refractivity contribution in [3.05, 3.63) is 54.6 Å².